The molecule has 20 nitrogen and oxygen atoms in total. The number of thioether (sulfide) groups is 1. The lowest BCUT2D eigenvalue weighted by atomic mass is 9.85. The molecule has 8 amide bonds. The van der Waals surface area contributed by atoms with Crippen molar-refractivity contribution in [3.8, 4) is 0 Å². The SMILES string of the molecule is CN[C@@H](C)C(=O)N[C@H](C(=O)N1C[C@@H](NC(=O)c2ccc(C(=O)Nc3ccc4c(c3)CN(C(=O)[C@@H](NC(=O)[C@H](C)NC)C(C)(C)SCC(=O)OC)[C@H](C(=O)N[C@@H]3CCCc5ccccc53)C4)cc2)C[C@H]1C(=O)N[C@@H]1CCCc2ccccc21)C(C)(C)C. The normalized spacial score (nSPS) is 20.5. The first-order valence-electron chi connectivity index (χ1n) is 29.8. The number of likely N-dealkylation sites (N-methyl/N-ethyl adjacent to an activating group) is 2. The summed E-state index contributed by atoms with van der Waals surface area (Å²) < 4.78 is 3.84. The predicted molar refractivity (Wildman–Crippen MR) is 330 cm³/mol. The first-order chi connectivity index (χ1) is 40.9. The van der Waals surface area contributed by atoms with Crippen molar-refractivity contribution in [2.24, 2.45) is 5.41 Å². The Labute approximate surface area is 508 Å². The molecule has 2 aliphatic heterocycles. The van der Waals surface area contributed by atoms with E-state index in [1.165, 1.54) is 41.2 Å². The predicted octanol–water partition coefficient (Wildman–Crippen LogP) is 5.20. The molecule has 0 bridgehead atoms. The monoisotopic (exact) mass is 1200 g/mol. The van der Waals surface area contributed by atoms with Crippen molar-refractivity contribution in [1.29, 1.82) is 0 Å². The average molecular weight is 1200 g/mol. The second-order valence-corrected chi connectivity index (χ2v) is 26.3. The molecule has 4 aromatic rings. The van der Waals surface area contributed by atoms with Crippen LogP contribution < -0.4 is 42.5 Å². The van der Waals surface area contributed by atoms with Crippen LogP contribution in [-0.4, -0.2) is 144 Å². The summed E-state index contributed by atoms with van der Waals surface area (Å²) in [5.41, 5.74) is 5.97. The number of ether oxygens (including phenoxy) is 1. The van der Waals surface area contributed by atoms with E-state index in [-0.39, 0.29) is 72.6 Å². The van der Waals surface area contributed by atoms with Gasteiger partial charge in [0.2, 0.25) is 35.4 Å². The molecule has 0 unspecified atom stereocenters. The van der Waals surface area contributed by atoms with Gasteiger partial charge in [-0.2, -0.15) is 0 Å². The maximum atomic E-state index is 15.3. The fraction of sp³-hybridized carbons (Fsp3) is 0.492. The molecule has 9 atom stereocenters. The molecule has 21 heteroatoms. The number of rotatable bonds is 20. The molecule has 460 valence electrons. The molecule has 8 N–H and O–H groups in total. The van der Waals surface area contributed by atoms with Gasteiger partial charge in [-0.1, -0.05) is 75.4 Å². The Hall–Kier alpha value is -7.62. The standard InChI is InChI=1S/C65H84N10O10S/c1-37(66-8)56(77)72-54(64(3,4)5)62(83)75-35-46(33-52(75)61(82)71-50-24-16-20-40-18-12-14-22-48(40)50)69-59(80)42-27-25-41(26-28-42)58(79)68-45-30-29-43-32-51(60(81)70-49-23-15-19-39-17-11-13-21-47(39)49)74(34-44(43)31-45)63(84)55(73-57(78)38(2)67-9)65(6,7)86-36-53(76)85-10/h11-14,17-18,21-22,25-31,37-38,46,49-52,54-55,66-67H,15-16,19-20,23-24,32-36H2,1-10H3,(H,68,79)(H,69,80)(H,70,81)(H,71,82)(H,72,77)(H,73,78)/t37-,38-,46-,49+,50+,51-,52-,54+,55+/m0/s1. The first kappa shape index (κ1) is 64.4. The van der Waals surface area contributed by atoms with Gasteiger partial charge in [0.1, 0.15) is 24.2 Å². The molecule has 8 rings (SSSR count). The zero-order valence-corrected chi connectivity index (χ0v) is 51.8. The number of nitrogens with zero attached hydrogens (tertiary/aromatic N) is 2. The number of nitrogens with one attached hydrogen (secondary N) is 8. The minimum atomic E-state index is -1.20. The second kappa shape index (κ2) is 27.8. The Kier molecular flexibility index (Phi) is 20.8. The molecule has 1 saturated heterocycles. The largest absolute Gasteiger partial charge is 0.468 e. The van der Waals surface area contributed by atoms with Gasteiger partial charge in [0.25, 0.3) is 11.8 Å². The van der Waals surface area contributed by atoms with Gasteiger partial charge in [0.05, 0.1) is 37.0 Å². The summed E-state index contributed by atoms with van der Waals surface area (Å²) in [6.45, 7) is 12.4. The number of hydrogen-bond acceptors (Lipinski definition) is 13. The van der Waals surface area contributed by atoms with Crippen LogP contribution in [0.1, 0.15) is 147 Å². The molecular formula is C65H84N10O10S. The van der Waals surface area contributed by atoms with E-state index in [0.717, 1.165) is 78.1 Å². The molecular weight excluding hydrogens is 1110 g/mol. The molecule has 0 saturated carbocycles. The van der Waals surface area contributed by atoms with Crippen molar-refractivity contribution in [2.75, 3.05) is 38.8 Å². The molecule has 0 aromatic heterocycles. The lowest BCUT2D eigenvalue weighted by Gasteiger charge is -2.42. The number of hydrogen-bond donors (Lipinski definition) is 8. The number of carbonyl (C=O) groups is 9. The molecule has 4 aliphatic rings. The summed E-state index contributed by atoms with van der Waals surface area (Å²) in [7, 11) is 4.55. The van der Waals surface area contributed by atoms with Crippen LogP contribution in [0.25, 0.3) is 0 Å². The molecule has 2 aliphatic carbocycles. The summed E-state index contributed by atoms with van der Waals surface area (Å²) in [5, 5.41) is 24.1. The van der Waals surface area contributed by atoms with E-state index < -0.39 is 88.0 Å². The lowest BCUT2D eigenvalue weighted by molar-refractivity contribution is -0.145. The van der Waals surface area contributed by atoms with E-state index >= 15 is 4.79 Å². The van der Waals surface area contributed by atoms with Gasteiger partial charge >= 0.3 is 5.97 Å². The highest BCUT2D eigenvalue weighted by Gasteiger charge is 2.48. The first-order valence-corrected chi connectivity index (χ1v) is 30.8. The number of benzene rings is 4. The van der Waals surface area contributed by atoms with Crippen molar-refractivity contribution in [1.82, 2.24) is 47.0 Å². The third kappa shape index (κ3) is 15.1. The highest BCUT2D eigenvalue weighted by Crippen LogP contribution is 2.36. The van der Waals surface area contributed by atoms with Crippen LogP contribution >= 0.6 is 11.8 Å². The summed E-state index contributed by atoms with van der Waals surface area (Å²) >= 11 is 1.15. The number of likely N-dealkylation sites (tertiary alicyclic amines) is 1. The third-order valence-corrected chi connectivity index (χ3v) is 18.6. The van der Waals surface area contributed by atoms with Crippen LogP contribution in [0.5, 0.6) is 0 Å². The van der Waals surface area contributed by atoms with E-state index in [1.54, 1.807) is 53.9 Å². The topological polar surface area (TPSA) is 266 Å². The molecule has 86 heavy (non-hydrogen) atoms. The van der Waals surface area contributed by atoms with E-state index in [2.05, 4.69) is 54.7 Å². The van der Waals surface area contributed by atoms with Crippen LogP contribution in [0.15, 0.2) is 91.0 Å². The smallest absolute Gasteiger partial charge is 0.315 e. The minimum absolute atomic E-state index is 0.00562. The highest BCUT2D eigenvalue weighted by atomic mass is 32.2. The quantitative estimate of drug-likeness (QED) is 0.0530. The van der Waals surface area contributed by atoms with Gasteiger partial charge in [0.15, 0.2) is 0 Å². The van der Waals surface area contributed by atoms with Crippen molar-refractivity contribution < 1.29 is 47.9 Å². The second-order valence-electron chi connectivity index (χ2n) is 24.7. The van der Waals surface area contributed by atoms with Crippen LogP contribution in [-0.2, 0) is 64.1 Å². The summed E-state index contributed by atoms with van der Waals surface area (Å²) in [4.78, 5) is 129. The van der Waals surface area contributed by atoms with Crippen LogP contribution in [0.3, 0.4) is 0 Å². The van der Waals surface area contributed by atoms with Crippen molar-refractivity contribution in [3.63, 3.8) is 0 Å². The van der Waals surface area contributed by atoms with Gasteiger partial charge in [-0.15, -0.1) is 11.8 Å². The van der Waals surface area contributed by atoms with E-state index in [9.17, 15) is 38.4 Å². The molecule has 0 radical (unpaired) electrons. The molecule has 0 spiro atoms. The van der Waals surface area contributed by atoms with Crippen molar-refractivity contribution in [2.45, 2.75) is 166 Å². The van der Waals surface area contributed by atoms with Crippen molar-refractivity contribution in [3.05, 3.63) is 136 Å². The Balaban J connectivity index is 0.993. The Morgan fingerprint density at radius 1 is 0.616 bits per heavy atom. The van der Waals surface area contributed by atoms with Gasteiger partial charge in [-0.25, -0.2) is 0 Å². The van der Waals surface area contributed by atoms with Gasteiger partial charge < -0.3 is 57.1 Å². The van der Waals surface area contributed by atoms with Gasteiger partial charge in [-0.05, 0) is 162 Å². The average Bonchev–Trinajstić information content (AvgIpc) is 3.16. The molecule has 2 heterocycles. The van der Waals surface area contributed by atoms with E-state index in [4.69, 9.17) is 4.74 Å². The summed E-state index contributed by atoms with van der Waals surface area (Å²) in [6, 6.07) is 20.8. The highest BCUT2D eigenvalue weighted by molar-refractivity contribution is 8.01. The number of amides is 8. The fourth-order valence-corrected chi connectivity index (χ4v) is 12.8. The Bertz CT molecular complexity index is 3200. The Morgan fingerprint density at radius 2 is 1.14 bits per heavy atom. The number of fused-ring (bicyclic) bond motifs is 3. The zero-order valence-electron chi connectivity index (χ0n) is 51.0. The fourth-order valence-electron chi connectivity index (χ4n) is 11.8. The van der Waals surface area contributed by atoms with Gasteiger partial charge in [-0.3, -0.25) is 43.2 Å². The van der Waals surface area contributed by atoms with Gasteiger partial charge in [0, 0.05) is 47.1 Å². The Morgan fingerprint density at radius 3 is 1.69 bits per heavy atom. The maximum absolute atomic E-state index is 15.3. The third-order valence-electron chi connectivity index (χ3n) is 17.3. The molecule has 1 fully saturated rings. The van der Waals surface area contributed by atoms with Crippen LogP contribution in [0.2, 0.25) is 0 Å². The number of anilines is 1. The minimum Gasteiger partial charge on any atom is -0.468 e. The summed E-state index contributed by atoms with van der Waals surface area (Å²) in [6.07, 6.45) is 5.25. The lowest BCUT2D eigenvalue weighted by Crippen LogP contribution is -2.63. The maximum Gasteiger partial charge on any atom is 0.315 e. The number of esters is 1. The molecule has 4 aromatic carbocycles. The number of carbonyl (C=O) groups excluding carboxylic acids is 9. The number of aryl methyl sites for hydroxylation is 2. The van der Waals surface area contributed by atoms with Crippen molar-refractivity contribution >= 4 is 70.7 Å². The summed E-state index contributed by atoms with van der Waals surface area (Å²) in [5.74, 6) is -4.07. The zero-order chi connectivity index (χ0) is 62.2. The van der Waals surface area contributed by atoms with E-state index in [1.807, 2.05) is 63.2 Å². The van der Waals surface area contributed by atoms with Crippen LogP contribution in [0.4, 0.5) is 5.69 Å². The van der Waals surface area contributed by atoms with E-state index in [0.29, 0.717) is 11.3 Å². The number of methoxy groups -OCH3 is 1. The van der Waals surface area contributed by atoms with Crippen LogP contribution in [0, 0.1) is 5.41 Å².